The SMILES string of the molecule is CC=C(CCCCCC)C(=O)OCCCCCC. The molecular weight excluding hydrogens is 224 g/mol. The molecule has 0 N–H and O–H groups in total. The smallest absolute Gasteiger partial charge is 0.333 e. The second-order valence-electron chi connectivity index (χ2n) is 4.82. The van der Waals surface area contributed by atoms with Crippen LogP contribution in [-0.2, 0) is 9.53 Å². The number of allylic oxidation sites excluding steroid dienone is 1. The van der Waals surface area contributed by atoms with E-state index in [0.717, 1.165) is 31.3 Å². The largest absolute Gasteiger partial charge is 0.462 e. The summed E-state index contributed by atoms with van der Waals surface area (Å²) in [5.41, 5.74) is 0.849. The van der Waals surface area contributed by atoms with Crippen LogP contribution in [0.25, 0.3) is 0 Å². The molecule has 0 aliphatic carbocycles. The summed E-state index contributed by atoms with van der Waals surface area (Å²) in [6, 6.07) is 0. The lowest BCUT2D eigenvalue weighted by Gasteiger charge is -2.08. The van der Waals surface area contributed by atoms with E-state index in [1.807, 2.05) is 13.0 Å². The summed E-state index contributed by atoms with van der Waals surface area (Å²) in [5.74, 6) is -0.106. The van der Waals surface area contributed by atoms with Gasteiger partial charge in [0.05, 0.1) is 6.61 Å². The quantitative estimate of drug-likeness (QED) is 0.294. The third kappa shape index (κ3) is 9.26. The zero-order valence-electron chi connectivity index (χ0n) is 12.5. The summed E-state index contributed by atoms with van der Waals surface area (Å²) in [4.78, 5) is 11.8. The molecule has 106 valence electrons. The van der Waals surface area contributed by atoms with Crippen LogP contribution in [0.5, 0.6) is 0 Å². The predicted octanol–water partition coefficient (Wildman–Crippen LogP) is 5.03. The van der Waals surface area contributed by atoms with Gasteiger partial charge in [-0.25, -0.2) is 4.79 Å². The highest BCUT2D eigenvalue weighted by Gasteiger charge is 2.09. The lowest BCUT2D eigenvalue weighted by atomic mass is 10.1. The summed E-state index contributed by atoms with van der Waals surface area (Å²) < 4.78 is 5.29. The van der Waals surface area contributed by atoms with Crippen LogP contribution in [0.4, 0.5) is 0 Å². The molecule has 0 saturated heterocycles. The molecule has 2 heteroatoms. The van der Waals surface area contributed by atoms with Crippen LogP contribution in [0.3, 0.4) is 0 Å². The summed E-state index contributed by atoms with van der Waals surface area (Å²) in [6.45, 7) is 6.88. The van der Waals surface area contributed by atoms with Crippen molar-refractivity contribution in [2.24, 2.45) is 0 Å². The fourth-order valence-corrected chi connectivity index (χ4v) is 1.89. The zero-order chi connectivity index (χ0) is 13.6. The summed E-state index contributed by atoms with van der Waals surface area (Å²) >= 11 is 0. The molecule has 0 rings (SSSR count). The third-order valence-electron chi connectivity index (χ3n) is 3.14. The summed E-state index contributed by atoms with van der Waals surface area (Å²) in [6.07, 6.45) is 12.1. The maximum Gasteiger partial charge on any atom is 0.333 e. The number of hydrogen-bond acceptors (Lipinski definition) is 2. The minimum absolute atomic E-state index is 0.106. The fourth-order valence-electron chi connectivity index (χ4n) is 1.89. The number of esters is 1. The highest BCUT2D eigenvalue weighted by atomic mass is 16.5. The van der Waals surface area contributed by atoms with Crippen LogP contribution in [0.1, 0.15) is 78.6 Å². The van der Waals surface area contributed by atoms with Crippen molar-refractivity contribution >= 4 is 5.97 Å². The fraction of sp³-hybridized carbons (Fsp3) is 0.812. The van der Waals surface area contributed by atoms with E-state index in [1.165, 1.54) is 32.1 Å². The first kappa shape index (κ1) is 17.2. The molecule has 0 saturated carbocycles. The molecule has 0 amide bonds. The Hall–Kier alpha value is -0.790. The summed E-state index contributed by atoms with van der Waals surface area (Å²) in [5, 5.41) is 0. The first-order chi connectivity index (χ1) is 8.76. The molecular formula is C16H30O2. The minimum atomic E-state index is -0.106. The average molecular weight is 254 g/mol. The Morgan fingerprint density at radius 3 is 2.11 bits per heavy atom. The molecule has 0 unspecified atom stereocenters. The van der Waals surface area contributed by atoms with Crippen molar-refractivity contribution in [2.75, 3.05) is 6.61 Å². The monoisotopic (exact) mass is 254 g/mol. The maximum atomic E-state index is 11.8. The van der Waals surface area contributed by atoms with Crippen molar-refractivity contribution in [3.05, 3.63) is 11.6 Å². The van der Waals surface area contributed by atoms with Crippen LogP contribution in [0, 0.1) is 0 Å². The van der Waals surface area contributed by atoms with E-state index in [0.29, 0.717) is 6.61 Å². The van der Waals surface area contributed by atoms with Gasteiger partial charge in [0.1, 0.15) is 0 Å². The van der Waals surface area contributed by atoms with Crippen LogP contribution < -0.4 is 0 Å². The Morgan fingerprint density at radius 1 is 0.944 bits per heavy atom. The molecule has 0 aromatic carbocycles. The topological polar surface area (TPSA) is 26.3 Å². The van der Waals surface area contributed by atoms with Crippen molar-refractivity contribution < 1.29 is 9.53 Å². The van der Waals surface area contributed by atoms with Gasteiger partial charge in [0, 0.05) is 5.57 Å². The van der Waals surface area contributed by atoms with Crippen molar-refractivity contribution in [3.63, 3.8) is 0 Å². The lowest BCUT2D eigenvalue weighted by Crippen LogP contribution is -2.09. The number of carbonyl (C=O) groups excluding carboxylic acids is 1. The van der Waals surface area contributed by atoms with Gasteiger partial charge in [-0.05, 0) is 26.2 Å². The molecule has 0 heterocycles. The van der Waals surface area contributed by atoms with Gasteiger partial charge >= 0.3 is 5.97 Å². The van der Waals surface area contributed by atoms with Gasteiger partial charge in [0.25, 0.3) is 0 Å². The normalized spacial score (nSPS) is 11.6. The molecule has 0 aliphatic heterocycles. The van der Waals surface area contributed by atoms with Crippen LogP contribution in [0.15, 0.2) is 11.6 Å². The van der Waals surface area contributed by atoms with E-state index in [-0.39, 0.29) is 5.97 Å². The van der Waals surface area contributed by atoms with Crippen LogP contribution in [-0.4, -0.2) is 12.6 Å². The van der Waals surface area contributed by atoms with Crippen molar-refractivity contribution in [1.82, 2.24) is 0 Å². The van der Waals surface area contributed by atoms with Gasteiger partial charge in [-0.1, -0.05) is 58.4 Å². The van der Waals surface area contributed by atoms with Gasteiger partial charge in [0.15, 0.2) is 0 Å². The van der Waals surface area contributed by atoms with Gasteiger partial charge in [-0.2, -0.15) is 0 Å². The molecule has 0 spiro atoms. The van der Waals surface area contributed by atoms with E-state index < -0.39 is 0 Å². The van der Waals surface area contributed by atoms with E-state index in [9.17, 15) is 4.79 Å². The van der Waals surface area contributed by atoms with Crippen LogP contribution in [0.2, 0.25) is 0 Å². The third-order valence-corrected chi connectivity index (χ3v) is 3.14. The lowest BCUT2D eigenvalue weighted by molar-refractivity contribution is -0.139. The standard InChI is InChI=1S/C16H30O2/c1-4-7-9-11-13-15(6-3)16(17)18-14-12-10-8-5-2/h6H,4-5,7-14H2,1-3H3. The van der Waals surface area contributed by atoms with Gasteiger partial charge in [-0.3, -0.25) is 0 Å². The Bertz CT molecular complexity index is 231. The molecule has 0 radical (unpaired) electrons. The summed E-state index contributed by atoms with van der Waals surface area (Å²) in [7, 11) is 0. The first-order valence-electron chi connectivity index (χ1n) is 7.58. The molecule has 0 fully saturated rings. The zero-order valence-corrected chi connectivity index (χ0v) is 12.5. The molecule has 18 heavy (non-hydrogen) atoms. The molecule has 2 nitrogen and oxygen atoms in total. The van der Waals surface area contributed by atoms with E-state index in [4.69, 9.17) is 4.74 Å². The molecule has 0 aliphatic rings. The second kappa shape index (κ2) is 12.7. The van der Waals surface area contributed by atoms with E-state index in [2.05, 4.69) is 13.8 Å². The average Bonchev–Trinajstić information content (AvgIpc) is 2.38. The predicted molar refractivity (Wildman–Crippen MR) is 77.6 cm³/mol. The number of unbranched alkanes of at least 4 members (excludes halogenated alkanes) is 6. The molecule has 0 atom stereocenters. The molecule has 0 aromatic rings. The Kier molecular flexibility index (Phi) is 12.1. The van der Waals surface area contributed by atoms with Gasteiger partial charge < -0.3 is 4.74 Å². The van der Waals surface area contributed by atoms with E-state index in [1.54, 1.807) is 0 Å². The Balaban J connectivity index is 3.69. The van der Waals surface area contributed by atoms with Gasteiger partial charge in [-0.15, -0.1) is 0 Å². The van der Waals surface area contributed by atoms with Crippen molar-refractivity contribution in [3.8, 4) is 0 Å². The maximum absolute atomic E-state index is 11.8. The highest BCUT2D eigenvalue weighted by molar-refractivity contribution is 5.88. The van der Waals surface area contributed by atoms with E-state index >= 15 is 0 Å². The van der Waals surface area contributed by atoms with Gasteiger partial charge in [0.2, 0.25) is 0 Å². The second-order valence-corrected chi connectivity index (χ2v) is 4.82. The first-order valence-corrected chi connectivity index (χ1v) is 7.58. The number of ether oxygens (including phenoxy) is 1. The highest BCUT2D eigenvalue weighted by Crippen LogP contribution is 2.12. The number of hydrogen-bond donors (Lipinski definition) is 0. The number of rotatable bonds is 11. The van der Waals surface area contributed by atoms with Crippen molar-refractivity contribution in [1.29, 1.82) is 0 Å². The molecule has 0 aromatic heterocycles. The molecule has 0 bridgehead atoms. The number of carbonyl (C=O) groups is 1. The minimum Gasteiger partial charge on any atom is -0.462 e. The van der Waals surface area contributed by atoms with Crippen molar-refractivity contribution in [2.45, 2.75) is 78.6 Å². The van der Waals surface area contributed by atoms with Crippen LogP contribution >= 0.6 is 0 Å². The Labute approximate surface area is 113 Å². The Morgan fingerprint density at radius 2 is 1.56 bits per heavy atom.